The van der Waals surface area contributed by atoms with Crippen LogP contribution in [0.1, 0.15) is 41.3 Å². The lowest BCUT2D eigenvalue weighted by molar-refractivity contribution is -0.127. The lowest BCUT2D eigenvalue weighted by Crippen LogP contribution is -2.47. The average Bonchev–Trinajstić information content (AvgIpc) is 3.13. The highest BCUT2D eigenvalue weighted by molar-refractivity contribution is 5.95. The number of aromatic nitrogens is 2. The average molecular weight is 368 g/mol. The molecular weight excluding hydrogens is 340 g/mol. The minimum Gasteiger partial charge on any atom is -0.352 e. The van der Waals surface area contributed by atoms with Crippen molar-refractivity contribution in [2.75, 3.05) is 13.1 Å². The first-order valence-corrected chi connectivity index (χ1v) is 9.56. The smallest absolute Gasteiger partial charge is 0.253 e. The van der Waals surface area contributed by atoms with Crippen LogP contribution in [-0.2, 0) is 11.3 Å². The number of likely N-dealkylation sites (tertiary alicyclic amines) is 1. The van der Waals surface area contributed by atoms with E-state index in [-0.39, 0.29) is 23.8 Å². The van der Waals surface area contributed by atoms with Crippen LogP contribution < -0.4 is 5.32 Å². The van der Waals surface area contributed by atoms with Crippen LogP contribution in [0.2, 0.25) is 0 Å². The zero-order valence-corrected chi connectivity index (χ0v) is 16.3. The van der Waals surface area contributed by atoms with E-state index in [1.165, 1.54) is 0 Å². The summed E-state index contributed by atoms with van der Waals surface area (Å²) in [5, 5.41) is 3.08. The molecule has 2 atom stereocenters. The Kier molecular flexibility index (Phi) is 5.94. The molecule has 1 fully saturated rings. The van der Waals surface area contributed by atoms with Crippen LogP contribution in [0.4, 0.5) is 0 Å². The number of hydrogen-bond donors (Lipinski definition) is 1. The maximum absolute atomic E-state index is 12.9. The Balaban J connectivity index is 1.59. The Morgan fingerprint density at radius 3 is 2.67 bits per heavy atom. The molecule has 1 aliphatic heterocycles. The van der Waals surface area contributed by atoms with Crippen LogP contribution in [-0.4, -0.2) is 45.4 Å². The Hall–Kier alpha value is -2.63. The Labute approximate surface area is 160 Å². The molecule has 0 saturated carbocycles. The van der Waals surface area contributed by atoms with Gasteiger partial charge in [-0.15, -0.1) is 0 Å². The molecule has 2 heterocycles. The first-order chi connectivity index (χ1) is 12.9. The standard InChI is InChI=1S/C21H28N4O2/c1-15-9-16(2)11-19(10-15)21(27)25-7-4-5-18(13-25)20(26)23-17(3)12-24-8-6-22-14-24/h6,8-11,14,17-18H,4-5,7,12-13H2,1-3H3,(H,23,26)/t17-,18+/m0/s1. The fraction of sp³-hybridized carbons (Fsp3) is 0.476. The zero-order valence-electron chi connectivity index (χ0n) is 16.3. The second-order valence-corrected chi connectivity index (χ2v) is 7.64. The first-order valence-electron chi connectivity index (χ1n) is 9.56. The van der Waals surface area contributed by atoms with Gasteiger partial charge in [0, 0.05) is 43.6 Å². The second kappa shape index (κ2) is 8.37. The van der Waals surface area contributed by atoms with Gasteiger partial charge >= 0.3 is 0 Å². The predicted molar refractivity (Wildman–Crippen MR) is 104 cm³/mol. The van der Waals surface area contributed by atoms with Crippen LogP contribution in [0.5, 0.6) is 0 Å². The topological polar surface area (TPSA) is 67.2 Å². The van der Waals surface area contributed by atoms with Gasteiger partial charge in [0.05, 0.1) is 12.2 Å². The number of amides is 2. The van der Waals surface area contributed by atoms with Gasteiger partial charge in [-0.1, -0.05) is 17.2 Å². The maximum atomic E-state index is 12.9. The molecule has 0 radical (unpaired) electrons. The van der Waals surface area contributed by atoms with Crippen molar-refractivity contribution >= 4 is 11.8 Å². The van der Waals surface area contributed by atoms with E-state index in [0.717, 1.165) is 24.0 Å². The summed E-state index contributed by atoms with van der Waals surface area (Å²) in [4.78, 5) is 31.4. The summed E-state index contributed by atoms with van der Waals surface area (Å²) < 4.78 is 1.95. The third-order valence-electron chi connectivity index (χ3n) is 4.98. The van der Waals surface area contributed by atoms with Crippen LogP contribution >= 0.6 is 0 Å². The number of piperidine rings is 1. The largest absolute Gasteiger partial charge is 0.352 e. The van der Waals surface area contributed by atoms with Crippen molar-refractivity contribution in [3.63, 3.8) is 0 Å². The van der Waals surface area contributed by atoms with Crippen molar-refractivity contribution in [1.82, 2.24) is 19.8 Å². The SMILES string of the molecule is Cc1cc(C)cc(C(=O)N2CCC[C@@H](C(=O)N[C@@H](C)Cn3ccnc3)C2)c1. The minimum absolute atomic E-state index is 0.0113. The van der Waals surface area contributed by atoms with Gasteiger partial charge in [0.15, 0.2) is 0 Å². The van der Waals surface area contributed by atoms with Gasteiger partial charge in [0.25, 0.3) is 5.91 Å². The number of nitrogens with one attached hydrogen (secondary N) is 1. The number of carbonyl (C=O) groups excluding carboxylic acids is 2. The van der Waals surface area contributed by atoms with Gasteiger partial charge in [-0.05, 0) is 45.7 Å². The number of aryl methyl sites for hydroxylation is 2. The highest BCUT2D eigenvalue weighted by atomic mass is 16.2. The summed E-state index contributed by atoms with van der Waals surface area (Å²) >= 11 is 0. The number of carbonyl (C=O) groups is 2. The van der Waals surface area contributed by atoms with Gasteiger partial charge in [-0.2, -0.15) is 0 Å². The third kappa shape index (κ3) is 4.96. The monoisotopic (exact) mass is 368 g/mol. The van der Waals surface area contributed by atoms with Crippen molar-refractivity contribution < 1.29 is 9.59 Å². The second-order valence-electron chi connectivity index (χ2n) is 7.64. The number of imidazole rings is 1. The Bertz CT molecular complexity index is 780. The van der Waals surface area contributed by atoms with Gasteiger partial charge in [-0.25, -0.2) is 4.98 Å². The summed E-state index contributed by atoms with van der Waals surface area (Å²) in [5.41, 5.74) is 2.87. The molecule has 27 heavy (non-hydrogen) atoms. The van der Waals surface area contributed by atoms with Crippen LogP contribution in [0.25, 0.3) is 0 Å². The molecule has 1 aliphatic rings. The molecule has 3 rings (SSSR count). The van der Waals surface area contributed by atoms with Crippen LogP contribution in [0.15, 0.2) is 36.9 Å². The number of nitrogens with zero attached hydrogens (tertiary/aromatic N) is 3. The molecule has 0 bridgehead atoms. The Morgan fingerprint density at radius 1 is 1.26 bits per heavy atom. The molecule has 1 N–H and O–H groups in total. The molecule has 1 aromatic heterocycles. The molecule has 6 nitrogen and oxygen atoms in total. The number of rotatable bonds is 5. The Morgan fingerprint density at radius 2 is 2.00 bits per heavy atom. The van der Waals surface area contributed by atoms with E-state index in [2.05, 4.69) is 16.4 Å². The molecule has 144 valence electrons. The van der Waals surface area contributed by atoms with Crippen molar-refractivity contribution in [3.05, 3.63) is 53.6 Å². The van der Waals surface area contributed by atoms with Crippen molar-refractivity contribution in [3.8, 4) is 0 Å². The molecule has 0 spiro atoms. The summed E-state index contributed by atoms with van der Waals surface area (Å²) in [6.45, 7) is 7.86. The van der Waals surface area contributed by atoms with E-state index < -0.39 is 0 Å². The van der Waals surface area contributed by atoms with Crippen molar-refractivity contribution in [2.45, 2.75) is 46.2 Å². The van der Waals surface area contributed by atoms with Crippen molar-refractivity contribution in [2.24, 2.45) is 5.92 Å². The predicted octanol–water partition coefficient (Wildman–Crippen LogP) is 2.56. The molecule has 2 aromatic rings. The normalized spacial score (nSPS) is 18.2. The molecular formula is C21H28N4O2. The van der Waals surface area contributed by atoms with E-state index >= 15 is 0 Å². The lowest BCUT2D eigenvalue weighted by atomic mass is 9.95. The van der Waals surface area contributed by atoms with Crippen LogP contribution in [0, 0.1) is 19.8 Å². The van der Waals surface area contributed by atoms with E-state index in [1.807, 2.05) is 48.6 Å². The fourth-order valence-corrected chi connectivity index (χ4v) is 3.77. The van der Waals surface area contributed by atoms with E-state index in [0.29, 0.717) is 25.2 Å². The maximum Gasteiger partial charge on any atom is 0.253 e. The minimum atomic E-state index is -0.154. The highest BCUT2D eigenvalue weighted by Crippen LogP contribution is 2.20. The molecule has 1 saturated heterocycles. The molecule has 1 aromatic carbocycles. The first kappa shape index (κ1) is 19.1. The number of hydrogen-bond acceptors (Lipinski definition) is 3. The van der Waals surface area contributed by atoms with E-state index in [9.17, 15) is 9.59 Å². The molecule has 6 heteroatoms. The fourth-order valence-electron chi connectivity index (χ4n) is 3.77. The van der Waals surface area contributed by atoms with Crippen molar-refractivity contribution in [1.29, 1.82) is 0 Å². The number of benzene rings is 1. The molecule has 2 amide bonds. The van der Waals surface area contributed by atoms with Crippen LogP contribution in [0.3, 0.4) is 0 Å². The lowest BCUT2D eigenvalue weighted by Gasteiger charge is -2.33. The van der Waals surface area contributed by atoms with Gasteiger partial charge in [-0.3, -0.25) is 9.59 Å². The highest BCUT2D eigenvalue weighted by Gasteiger charge is 2.29. The van der Waals surface area contributed by atoms with Gasteiger partial charge in [0.2, 0.25) is 5.91 Å². The molecule has 0 aliphatic carbocycles. The summed E-state index contributed by atoms with van der Waals surface area (Å²) in [6, 6.07) is 5.92. The van der Waals surface area contributed by atoms with Gasteiger partial charge in [0.1, 0.15) is 0 Å². The zero-order chi connectivity index (χ0) is 19.4. The quantitative estimate of drug-likeness (QED) is 0.882. The summed E-state index contributed by atoms with van der Waals surface area (Å²) in [6.07, 6.45) is 7.03. The van der Waals surface area contributed by atoms with Gasteiger partial charge < -0.3 is 14.8 Å². The molecule has 0 unspecified atom stereocenters. The van der Waals surface area contributed by atoms with E-state index in [1.54, 1.807) is 12.5 Å². The summed E-state index contributed by atoms with van der Waals surface area (Å²) in [5.74, 6) is -0.106. The summed E-state index contributed by atoms with van der Waals surface area (Å²) in [7, 11) is 0. The van der Waals surface area contributed by atoms with E-state index in [4.69, 9.17) is 0 Å². The third-order valence-corrected chi connectivity index (χ3v) is 4.98.